The van der Waals surface area contributed by atoms with Crippen LogP contribution in [0.5, 0.6) is 0 Å². The summed E-state index contributed by atoms with van der Waals surface area (Å²) in [5, 5.41) is 11.6. The minimum atomic E-state index is -0.947. The Morgan fingerprint density at radius 1 is 1.14 bits per heavy atom. The van der Waals surface area contributed by atoms with Crippen LogP contribution in [0.4, 0.5) is 11.4 Å². The van der Waals surface area contributed by atoms with Gasteiger partial charge in [0.05, 0.1) is 24.7 Å². The summed E-state index contributed by atoms with van der Waals surface area (Å²) < 4.78 is 0. The van der Waals surface area contributed by atoms with Crippen LogP contribution in [0, 0.1) is 0 Å². The Labute approximate surface area is 121 Å². The van der Waals surface area contributed by atoms with Crippen LogP contribution in [-0.4, -0.2) is 22.0 Å². The molecule has 0 saturated heterocycles. The number of amides is 1. The standard InChI is InChI=1S/C15H15N3O3/c16-11-5-6-12(17-9-11)8-14(19)18-13-4-2-1-3-10(13)7-15(20)21/h1-6,9H,7-8,16H2,(H,18,19)(H,20,21). The Balaban J connectivity index is 2.05. The first-order chi connectivity index (χ1) is 10.0. The van der Waals surface area contributed by atoms with Crippen molar-refractivity contribution in [3.63, 3.8) is 0 Å². The number of anilines is 2. The molecule has 108 valence electrons. The summed E-state index contributed by atoms with van der Waals surface area (Å²) in [6.07, 6.45) is 1.44. The number of carbonyl (C=O) groups is 2. The van der Waals surface area contributed by atoms with Crippen molar-refractivity contribution in [1.29, 1.82) is 0 Å². The zero-order valence-corrected chi connectivity index (χ0v) is 11.2. The summed E-state index contributed by atoms with van der Waals surface area (Å²) in [5.41, 5.74) is 7.72. The van der Waals surface area contributed by atoms with Crippen molar-refractivity contribution in [3.05, 3.63) is 53.9 Å². The molecule has 6 nitrogen and oxygen atoms in total. The van der Waals surface area contributed by atoms with Gasteiger partial charge >= 0.3 is 5.97 Å². The maximum absolute atomic E-state index is 12.0. The summed E-state index contributed by atoms with van der Waals surface area (Å²) in [6.45, 7) is 0. The molecule has 1 amide bonds. The summed E-state index contributed by atoms with van der Waals surface area (Å²) in [4.78, 5) is 26.8. The maximum Gasteiger partial charge on any atom is 0.307 e. The van der Waals surface area contributed by atoms with E-state index in [4.69, 9.17) is 10.8 Å². The largest absolute Gasteiger partial charge is 0.481 e. The van der Waals surface area contributed by atoms with Crippen molar-refractivity contribution in [2.45, 2.75) is 12.8 Å². The zero-order chi connectivity index (χ0) is 15.2. The van der Waals surface area contributed by atoms with Gasteiger partial charge in [0.2, 0.25) is 5.91 Å². The maximum atomic E-state index is 12.0. The van der Waals surface area contributed by atoms with E-state index in [0.717, 1.165) is 0 Å². The molecule has 0 unspecified atom stereocenters. The van der Waals surface area contributed by atoms with Crippen LogP contribution in [0.15, 0.2) is 42.6 Å². The average molecular weight is 285 g/mol. The molecule has 0 fully saturated rings. The number of hydrogen-bond donors (Lipinski definition) is 3. The highest BCUT2D eigenvalue weighted by atomic mass is 16.4. The number of carbonyl (C=O) groups excluding carboxylic acids is 1. The highest BCUT2D eigenvalue weighted by Crippen LogP contribution is 2.16. The Morgan fingerprint density at radius 3 is 2.57 bits per heavy atom. The van der Waals surface area contributed by atoms with Crippen molar-refractivity contribution in [2.75, 3.05) is 11.1 Å². The van der Waals surface area contributed by atoms with Crippen molar-refractivity contribution >= 4 is 23.3 Å². The van der Waals surface area contributed by atoms with Crippen LogP contribution in [0.2, 0.25) is 0 Å². The van der Waals surface area contributed by atoms with Crippen LogP contribution in [0.1, 0.15) is 11.3 Å². The second kappa shape index (κ2) is 6.51. The van der Waals surface area contributed by atoms with E-state index < -0.39 is 5.97 Å². The lowest BCUT2D eigenvalue weighted by molar-refractivity contribution is -0.136. The molecule has 1 heterocycles. The Kier molecular flexibility index (Phi) is 4.50. The highest BCUT2D eigenvalue weighted by Gasteiger charge is 2.10. The first kappa shape index (κ1) is 14.5. The van der Waals surface area contributed by atoms with Gasteiger partial charge in [-0.1, -0.05) is 18.2 Å². The molecule has 0 bridgehead atoms. The third-order valence-electron chi connectivity index (χ3n) is 2.82. The fraction of sp³-hybridized carbons (Fsp3) is 0.133. The summed E-state index contributed by atoms with van der Waals surface area (Å²) in [7, 11) is 0. The second-order valence-corrected chi connectivity index (χ2v) is 4.54. The Morgan fingerprint density at radius 2 is 1.90 bits per heavy atom. The third kappa shape index (κ3) is 4.31. The summed E-state index contributed by atoms with van der Waals surface area (Å²) in [5.74, 6) is -1.21. The van der Waals surface area contributed by atoms with Gasteiger partial charge in [-0.3, -0.25) is 14.6 Å². The Bertz CT molecular complexity index is 653. The highest BCUT2D eigenvalue weighted by molar-refractivity contribution is 5.93. The van der Waals surface area contributed by atoms with Crippen molar-refractivity contribution in [2.24, 2.45) is 0 Å². The van der Waals surface area contributed by atoms with E-state index in [1.807, 2.05) is 0 Å². The molecule has 0 aliphatic carbocycles. The lowest BCUT2D eigenvalue weighted by atomic mass is 10.1. The SMILES string of the molecule is Nc1ccc(CC(=O)Nc2ccccc2CC(=O)O)nc1. The van der Waals surface area contributed by atoms with E-state index in [2.05, 4.69) is 10.3 Å². The lowest BCUT2D eigenvalue weighted by Gasteiger charge is -2.09. The van der Waals surface area contributed by atoms with E-state index in [9.17, 15) is 9.59 Å². The molecule has 0 spiro atoms. The number of nitrogens with one attached hydrogen (secondary N) is 1. The molecule has 1 aromatic carbocycles. The number of carboxylic acid groups (broad SMARTS) is 1. The molecule has 4 N–H and O–H groups in total. The predicted molar refractivity (Wildman–Crippen MR) is 78.8 cm³/mol. The van der Waals surface area contributed by atoms with Crippen LogP contribution < -0.4 is 11.1 Å². The fourth-order valence-corrected chi connectivity index (χ4v) is 1.86. The van der Waals surface area contributed by atoms with Gasteiger partial charge in [-0.25, -0.2) is 0 Å². The van der Waals surface area contributed by atoms with Gasteiger partial charge in [-0.15, -0.1) is 0 Å². The number of aromatic nitrogens is 1. The van der Waals surface area contributed by atoms with Crippen LogP contribution in [0.25, 0.3) is 0 Å². The lowest BCUT2D eigenvalue weighted by Crippen LogP contribution is -2.17. The van der Waals surface area contributed by atoms with Gasteiger partial charge in [0.15, 0.2) is 0 Å². The molecule has 21 heavy (non-hydrogen) atoms. The average Bonchev–Trinajstić information content (AvgIpc) is 2.43. The molecule has 0 aliphatic rings. The zero-order valence-electron chi connectivity index (χ0n) is 11.2. The van der Waals surface area contributed by atoms with Gasteiger partial charge < -0.3 is 16.2 Å². The smallest absolute Gasteiger partial charge is 0.307 e. The molecule has 1 aromatic heterocycles. The van der Waals surface area contributed by atoms with Gasteiger partial charge in [0.1, 0.15) is 0 Å². The van der Waals surface area contributed by atoms with Crippen molar-refractivity contribution in [1.82, 2.24) is 4.98 Å². The van der Waals surface area contributed by atoms with Crippen molar-refractivity contribution < 1.29 is 14.7 Å². The molecule has 0 saturated carbocycles. The van der Waals surface area contributed by atoms with E-state index in [-0.39, 0.29) is 18.7 Å². The molecule has 6 heteroatoms. The quantitative estimate of drug-likeness (QED) is 0.771. The molecule has 0 aliphatic heterocycles. The van der Waals surface area contributed by atoms with Gasteiger partial charge in [0.25, 0.3) is 0 Å². The van der Waals surface area contributed by atoms with Crippen LogP contribution in [-0.2, 0) is 22.4 Å². The number of carboxylic acids is 1. The van der Waals surface area contributed by atoms with Crippen LogP contribution >= 0.6 is 0 Å². The van der Waals surface area contributed by atoms with Crippen LogP contribution in [0.3, 0.4) is 0 Å². The molecular formula is C15H15N3O3. The van der Waals surface area contributed by atoms with E-state index >= 15 is 0 Å². The minimum absolute atomic E-state index is 0.0989. The number of nitrogens with two attached hydrogens (primary N) is 1. The fourth-order valence-electron chi connectivity index (χ4n) is 1.86. The molecule has 2 rings (SSSR count). The first-order valence-corrected chi connectivity index (χ1v) is 6.34. The number of nitrogens with zero attached hydrogens (tertiary/aromatic N) is 1. The number of hydrogen-bond acceptors (Lipinski definition) is 4. The number of pyridine rings is 1. The molecule has 0 radical (unpaired) electrons. The van der Waals surface area contributed by atoms with Crippen molar-refractivity contribution in [3.8, 4) is 0 Å². The number of rotatable bonds is 5. The summed E-state index contributed by atoms with van der Waals surface area (Å²) >= 11 is 0. The molecule has 0 atom stereocenters. The topological polar surface area (TPSA) is 105 Å². The number of benzene rings is 1. The normalized spacial score (nSPS) is 10.1. The van der Waals surface area contributed by atoms with E-state index in [1.165, 1.54) is 6.20 Å². The van der Waals surface area contributed by atoms with E-state index in [1.54, 1.807) is 36.4 Å². The van der Waals surface area contributed by atoms with Gasteiger partial charge in [0, 0.05) is 11.4 Å². The van der Waals surface area contributed by atoms with E-state index in [0.29, 0.717) is 22.6 Å². The monoisotopic (exact) mass is 285 g/mol. The third-order valence-corrected chi connectivity index (χ3v) is 2.82. The molecular weight excluding hydrogens is 270 g/mol. The minimum Gasteiger partial charge on any atom is -0.481 e. The van der Waals surface area contributed by atoms with Gasteiger partial charge in [-0.05, 0) is 23.8 Å². The first-order valence-electron chi connectivity index (χ1n) is 6.34. The number of para-hydroxylation sites is 1. The number of nitrogen functional groups attached to an aromatic ring is 1. The predicted octanol–water partition coefficient (Wildman–Crippen LogP) is 1.47. The Hall–Kier alpha value is -2.89. The summed E-state index contributed by atoms with van der Waals surface area (Å²) in [6, 6.07) is 10.2. The number of aliphatic carboxylic acids is 1. The van der Waals surface area contributed by atoms with Gasteiger partial charge in [-0.2, -0.15) is 0 Å². The molecule has 2 aromatic rings. The second-order valence-electron chi connectivity index (χ2n) is 4.54.